The van der Waals surface area contributed by atoms with E-state index in [1.807, 2.05) is 24.3 Å². The Hall–Kier alpha value is -2.45. The van der Waals surface area contributed by atoms with Gasteiger partial charge in [0.2, 0.25) is 0 Å². The van der Waals surface area contributed by atoms with E-state index < -0.39 is 16.7 Å². The monoisotopic (exact) mass is 408 g/mol. The van der Waals surface area contributed by atoms with Crippen LogP contribution in [0.3, 0.4) is 0 Å². The SMILES string of the molecule is CO[SH](=O)=Nc1ccc(CNC(=O)COc2ccc(C(C)(C)C)cc2)cc1F. The predicted octanol–water partition coefficient (Wildman–Crippen LogP) is 3.68. The molecule has 0 aliphatic heterocycles. The molecule has 0 radical (unpaired) electrons. The average Bonchev–Trinajstić information content (AvgIpc) is 2.66. The first-order valence-corrected chi connectivity index (χ1v) is 9.83. The van der Waals surface area contributed by atoms with Crippen molar-refractivity contribution in [1.82, 2.24) is 5.32 Å². The fourth-order valence-corrected chi connectivity index (χ4v) is 2.74. The quantitative estimate of drug-likeness (QED) is 0.686. The second-order valence-electron chi connectivity index (χ2n) is 7.15. The highest BCUT2D eigenvalue weighted by molar-refractivity contribution is 7.69. The normalized spacial score (nSPS) is 12.6. The average molecular weight is 408 g/mol. The molecule has 6 nitrogen and oxygen atoms in total. The standard InChI is InChI=1S/C20H25FN2O4S/c1-20(2,3)15-6-8-16(9-7-15)27-13-19(24)22-12-14-5-10-18(17(21)11-14)23-28(25)26-4/h5-11,28H,12-13H2,1-4H3,(H,22,24). The van der Waals surface area contributed by atoms with Gasteiger partial charge in [-0.3, -0.25) is 8.98 Å². The minimum Gasteiger partial charge on any atom is -0.484 e. The molecule has 0 aliphatic carbocycles. The minimum atomic E-state index is -2.29. The van der Waals surface area contributed by atoms with Gasteiger partial charge < -0.3 is 10.1 Å². The lowest BCUT2D eigenvalue weighted by atomic mass is 9.87. The maximum absolute atomic E-state index is 13.9. The lowest BCUT2D eigenvalue weighted by molar-refractivity contribution is -0.123. The van der Waals surface area contributed by atoms with Crippen LogP contribution in [0.25, 0.3) is 0 Å². The van der Waals surface area contributed by atoms with E-state index >= 15 is 0 Å². The van der Waals surface area contributed by atoms with Crippen molar-refractivity contribution in [1.29, 1.82) is 0 Å². The number of carbonyl (C=O) groups excluding carboxylic acids is 1. The Kier molecular flexibility index (Phi) is 7.53. The van der Waals surface area contributed by atoms with Crippen molar-refractivity contribution >= 4 is 22.5 Å². The molecule has 0 aromatic heterocycles. The van der Waals surface area contributed by atoms with Crippen LogP contribution in [0.5, 0.6) is 5.75 Å². The summed E-state index contributed by atoms with van der Waals surface area (Å²) in [6, 6.07) is 11.8. The zero-order valence-corrected chi connectivity index (χ0v) is 17.3. The van der Waals surface area contributed by atoms with Crippen LogP contribution in [0.4, 0.5) is 10.1 Å². The number of nitrogens with one attached hydrogen (secondary N) is 1. The second-order valence-corrected chi connectivity index (χ2v) is 8.19. The van der Waals surface area contributed by atoms with Crippen LogP contribution in [0.2, 0.25) is 0 Å². The highest BCUT2D eigenvalue weighted by Crippen LogP contribution is 2.24. The summed E-state index contributed by atoms with van der Waals surface area (Å²) in [6.45, 7) is 6.36. The number of thiol groups is 1. The first-order valence-electron chi connectivity index (χ1n) is 8.70. The number of amides is 1. The lowest BCUT2D eigenvalue weighted by Crippen LogP contribution is -2.28. The number of nitrogens with zero attached hydrogens (tertiary/aromatic N) is 1. The number of hydrogen-bond acceptors (Lipinski definition) is 5. The molecular formula is C20H25FN2O4S. The largest absolute Gasteiger partial charge is 0.484 e. The third-order valence-corrected chi connectivity index (χ3v) is 4.63. The number of rotatable bonds is 7. The smallest absolute Gasteiger partial charge is 0.258 e. The van der Waals surface area contributed by atoms with Gasteiger partial charge in [0.25, 0.3) is 5.91 Å². The van der Waals surface area contributed by atoms with Crippen molar-refractivity contribution in [3.63, 3.8) is 0 Å². The molecule has 0 spiro atoms. The molecule has 1 N–H and O–H groups in total. The molecule has 8 heteroatoms. The van der Waals surface area contributed by atoms with Crippen molar-refractivity contribution < 1.29 is 22.3 Å². The Labute approximate surface area is 166 Å². The van der Waals surface area contributed by atoms with Gasteiger partial charge in [0.15, 0.2) is 17.5 Å². The number of halogens is 1. The Balaban J connectivity index is 1.85. The Morgan fingerprint density at radius 2 is 1.86 bits per heavy atom. The van der Waals surface area contributed by atoms with Gasteiger partial charge in [-0.25, -0.2) is 8.60 Å². The van der Waals surface area contributed by atoms with Crippen molar-refractivity contribution in [3.8, 4) is 5.75 Å². The number of carbonyl (C=O) groups is 1. The fourth-order valence-electron chi connectivity index (χ4n) is 2.32. The molecule has 2 aromatic carbocycles. The van der Waals surface area contributed by atoms with Crippen molar-refractivity contribution in [3.05, 3.63) is 59.4 Å². The van der Waals surface area contributed by atoms with Gasteiger partial charge in [0.05, 0.1) is 7.11 Å². The zero-order chi connectivity index (χ0) is 20.7. The first kappa shape index (κ1) is 21.8. The fraction of sp³-hybridized carbons (Fsp3) is 0.350. The van der Waals surface area contributed by atoms with Gasteiger partial charge in [-0.1, -0.05) is 39.0 Å². The maximum atomic E-state index is 13.9. The molecule has 0 heterocycles. The van der Waals surface area contributed by atoms with Gasteiger partial charge in [0.1, 0.15) is 17.3 Å². The van der Waals surface area contributed by atoms with E-state index in [9.17, 15) is 13.4 Å². The van der Waals surface area contributed by atoms with E-state index in [0.717, 1.165) is 0 Å². The number of benzene rings is 2. The van der Waals surface area contributed by atoms with Crippen molar-refractivity contribution in [2.75, 3.05) is 13.7 Å². The van der Waals surface area contributed by atoms with Gasteiger partial charge in [-0.15, -0.1) is 0 Å². The molecule has 2 rings (SSSR count). The van der Waals surface area contributed by atoms with Crippen LogP contribution in [0, 0.1) is 5.82 Å². The second kappa shape index (κ2) is 9.66. The van der Waals surface area contributed by atoms with Crippen LogP contribution in [-0.2, 0) is 31.8 Å². The molecule has 0 bridgehead atoms. The third-order valence-electron chi connectivity index (χ3n) is 3.94. The molecule has 0 fully saturated rings. The van der Waals surface area contributed by atoms with E-state index in [1.165, 1.54) is 24.8 Å². The molecule has 1 unspecified atom stereocenters. The Bertz CT molecular complexity index is 901. The molecule has 2 aromatic rings. The summed E-state index contributed by atoms with van der Waals surface area (Å²) in [4.78, 5) is 11.9. The van der Waals surface area contributed by atoms with Crippen LogP contribution in [0.15, 0.2) is 46.8 Å². The van der Waals surface area contributed by atoms with Crippen molar-refractivity contribution in [2.24, 2.45) is 4.36 Å². The topological polar surface area (TPSA) is 77.0 Å². The summed E-state index contributed by atoms with van der Waals surface area (Å²) < 4.78 is 38.7. The summed E-state index contributed by atoms with van der Waals surface area (Å²) in [6.07, 6.45) is 0. The minimum absolute atomic E-state index is 0.0488. The highest BCUT2D eigenvalue weighted by Gasteiger charge is 2.13. The molecule has 0 aliphatic rings. The molecule has 1 atom stereocenters. The number of hydrogen-bond donors (Lipinski definition) is 2. The molecule has 0 saturated heterocycles. The molecular weight excluding hydrogens is 383 g/mol. The predicted molar refractivity (Wildman–Crippen MR) is 108 cm³/mol. The summed E-state index contributed by atoms with van der Waals surface area (Å²) >= 11 is 0. The van der Waals surface area contributed by atoms with Gasteiger partial charge in [-0.2, -0.15) is 4.36 Å². The maximum Gasteiger partial charge on any atom is 0.258 e. The van der Waals surface area contributed by atoms with E-state index in [1.54, 1.807) is 6.07 Å². The molecule has 1 amide bonds. The first-order chi connectivity index (χ1) is 13.2. The van der Waals surface area contributed by atoms with E-state index in [-0.39, 0.29) is 30.2 Å². The van der Waals surface area contributed by atoms with Gasteiger partial charge in [-0.05, 0) is 40.8 Å². The van der Waals surface area contributed by atoms with Gasteiger partial charge in [0, 0.05) is 6.54 Å². The Morgan fingerprint density at radius 3 is 2.43 bits per heavy atom. The summed E-state index contributed by atoms with van der Waals surface area (Å²) in [5, 5.41) is 2.66. The molecule has 0 saturated carbocycles. The van der Waals surface area contributed by atoms with E-state index in [2.05, 4.69) is 34.6 Å². The van der Waals surface area contributed by atoms with Crippen LogP contribution >= 0.6 is 0 Å². The Morgan fingerprint density at radius 1 is 1.18 bits per heavy atom. The lowest BCUT2D eigenvalue weighted by Gasteiger charge is -2.19. The summed E-state index contributed by atoms with van der Waals surface area (Å²) in [5.41, 5.74) is 1.72. The molecule has 28 heavy (non-hydrogen) atoms. The van der Waals surface area contributed by atoms with Crippen molar-refractivity contribution in [2.45, 2.75) is 32.7 Å². The molecule has 152 valence electrons. The summed E-state index contributed by atoms with van der Waals surface area (Å²) in [7, 11) is -1.06. The zero-order valence-electron chi connectivity index (χ0n) is 16.4. The highest BCUT2D eigenvalue weighted by atomic mass is 32.2. The number of ether oxygens (including phenoxy) is 1. The van der Waals surface area contributed by atoms with Crippen LogP contribution in [-0.4, -0.2) is 23.8 Å². The summed E-state index contributed by atoms with van der Waals surface area (Å²) in [5.74, 6) is -0.355. The van der Waals surface area contributed by atoms with Crippen LogP contribution in [0.1, 0.15) is 31.9 Å². The van der Waals surface area contributed by atoms with Gasteiger partial charge >= 0.3 is 0 Å². The van der Waals surface area contributed by atoms with E-state index in [0.29, 0.717) is 11.3 Å². The third kappa shape index (κ3) is 6.61. The van der Waals surface area contributed by atoms with Crippen LogP contribution < -0.4 is 10.1 Å². The van der Waals surface area contributed by atoms with E-state index in [4.69, 9.17) is 4.74 Å².